The first-order valence-electron chi connectivity index (χ1n) is 7.96. The molecule has 2 heterocycles. The standard InChI is InChI=1S/C19H18FN3OS/c20-17-6-2-1-4-14(17)9-10-21-15-7-8-18(22-13-15)23-19(24)12-16-5-3-11-25-16/h1-8,11,13,21H,9-10,12H2,(H,22,23,24). The number of benzene rings is 1. The molecule has 2 N–H and O–H groups in total. The lowest BCUT2D eigenvalue weighted by Crippen LogP contribution is -2.14. The molecule has 3 aromatic rings. The maximum Gasteiger partial charge on any atom is 0.230 e. The number of amides is 1. The van der Waals surface area contributed by atoms with E-state index in [1.165, 1.54) is 6.07 Å². The number of halogens is 1. The number of thiophene rings is 1. The summed E-state index contributed by atoms with van der Waals surface area (Å²) in [6.45, 7) is 0.604. The quantitative estimate of drug-likeness (QED) is 0.670. The van der Waals surface area contributed by atoms with Crippen LogP contribution < -0.4 is 10.6 Å². The number of nitrogens with one attached hydrogen (secondary N) is 2. The van der Waals surface area contributed by atoms with Crippen LogP contribution in [0, 0.1) is 5.82 Å². The Morgan fingerprint density at radius 3 is 2.72 bits per heavy atom. The van der Waals surface area contributed by atoms with Crippen LogP contribution in [0.2, 0.25) is 0 Å². The fraction of sp³-hybridized carbons (Fsp3) is 0.158. The van der Waals surface area contributed by atoms with E-state index in [2.05, 4.69) is 15.6 Å². The van der Waals surface area contributed by atoms with E-state index in [0.717, 1.165) is 10.6 Å². The molecule has 1 aromatic carbocycles. The zero-order valence-corrected chi connectivity index (χ0v) is 14.4. The van der Waals surface area contributed by atoms with Gasteiger partial charge in [-0.15, -0.1) is 11.3 Å². The van der Waals surface area contributed by atoms with Crippen LogP contribution in [0.3, 0.4) is 0 Å². The number of carbonyl (C=O) groups excluding carboxylic acids is 1. The summed E-state index contributed by atoms with van der Waals surface area (Å²) in [6.07, 6.45) is 2.59. The van der Waals surface area contributed by atoms with Crippen LogP contribution in [-0.2, 0) is 17.6 Å². The van der Waals surface area contributed by atoms with Gasteiger partial charge in [0.25, 0.3) is 0 Å². The Kier molecular flexibility index (Phi) is 5.74. The van der Waals surface area contributed by atoms with Crippen LogP contribution in [0.1, 0.15) is 10.4 Å². The molecule has 4 nitrogen and oxygen atoms in total. The van der Waals surface area contributed by atoms with E-state index in [0.29, 0.717) is 30.8 Å². The van der Waals surface area contributed by atoms with Gasteiger partial charge >= 0.3 is 0 Å². The highest BCUT2D eigenvalue weighted by molar-refractivity contribution is 7.10. The summed E-state index contributed by atoms with van der Waals surface area (Å²) in [6, 6.07) is 14.2. The lowest BCUT2D eigenvalue weighted by molar-refractivity contribution is -0.115. The molecular formula is C19H18FN3OS. The smallest absolute Gasteiger partial charge is 0.230 e. The third kappa shape index (κ3) is 5.12. The van der Waals surface area contributed by atoms with Crippen LogP contribution in [0.25, 0.3) is 0 Å². The molecule has 0 radical (unpaired) electrons. The third-order valence-corrected chi connectivity index (χ3v) is 4.50. The van der Waals surface area contributed by atoms with Gasteiger partial charge in [-0.3, -0.25) is 4.79 Å². The van der Waals surface area contributed by atoms with Gasteiger partial charge in [-0.1, -0.05) is 24.3 Å². The molecule has 0 saturated carbocycles. The lowest BCUT2D eigenvalue weighted by Gasteiger charge is -2.08. The molecule has 0 saturated heterocycles. The van der Waals surface area contributed by atoms with Gasteiger partial charge in [-0.05, 0) is 41.6 Å². The predicted octanol–water partition coefficient (Wildman–Crippen LogP) is 4.12. The summed E-state index contributed by atoms with van der Waals surface area (Å²) in [5.41, 5.74) is 1.51. The second-order valence-electron chi connectivity index (χ2n) is 5.50. The van der Waals surface area contributed by atoms with Crippen molar-refractivity contribution in [1.82, 2.24) is 4.98 Å². The molecule has 0 aliphatic heterocycles. The molecular weight excluding hydrogens is 337 g/mol. The molecule has 0 spiro atoms. The van der Waals surface area contributed by atoms with Gasteiger partial charge in [-0.2, -0.15) is 0 Å². The summed E-state index contributed by atoms with van der Waals surface area (Å²) in [5.74, 6) is 0.239. The normalized spacial score (nSPS) is 10.4. The van der Waals surface area contributed by atoms with Gasteiger partial charge in [0.15, 0.2) is 0 Å². The molecule has 0 aliphatic carbocycles. The second kappa shape index (κ2) is 8.39. The molecule has 0 fully saturated rings. The second-order valence-corrected chi connectivity index (χ2v) is 6.54. The Morgan fingerprint density at radius 2 is 2.00 bits per heavy atom. The van der Waals surface area contributed by atoms with Crippen LogP contribution >= 0.6 is 11.3 Å². The van der Waals surface area contributed by atoms with Crippen LogP contribution in [-0.4, -0.2) is 17.4 Å². The molecule has 2 aromatic heterocycles. The highest BCUT2D eigenvalue weighted by Crippen LogP contribution is 2.13. The van der Waals surface area contributed by atoms with Crippen molar-refractivity contribution >= 4 is 28.7 Å². The van der Waals surface area contributed by atoms with Crippen molar-refractivity contribution in [3.05, 3.63) is 76.4 Å². The van der Waals surface area contributed by atoms with E-state index in [1.54, 1.807) is 35.7 Å². The minimum atomic E-state index is -0.189. The molecule has 0 aliphatic rings. The van der Waals surface area contributed by atoms with Crippen molar-refractivity contribution in [3.8, 4) is 0 Å². The summed E-state index contributed by atoms with van der Waals surface area (Å²) >= 11 is 1.55. The number of nitrogens with zero attached hydrogens (tertiary/aromatic N) is 1. The first-order chi connectivity index (χ1) is 12.2. The summed E-state index contributed by atoms with van der Waals surface area (Å²) in [7, 11) is 0. The number of rotatable bonds is 7. The lowest BCUT2D eigenvalue weighted by atomic mass is 10.1. The van der Waals surface area contributed by atoms with E-state index in [-0.39, 0.29) is 11.7 Å². The van der Waals surface area contributed by atoms with Crippen molar-refractivity contribution in [2.24, 2.45) is 0 Å². The largest absolute Gasteiger partial charge is 0.383 e. The first-order valence-corrected chi connectivity index (χ1v) is 8.84. The SMILES string of the molecule is O=C(Cc1cccs1)Nc1ccc(NCCc2ccccc2F)cn1. The number of hydrogen-bond acceptors (Lipinski definition) is 4. The average Bonchev–Trinajstić information content (AvgIpc) is 3.11. The van der Waals surface area contributed by atoms with E-state index in [1.807, 2.05) is 29.6 Å². The van der Waals surface area contributed by atoms with E-state index in [4.69, 9.17) is 0 Å². The van der Waals surface area contributed by atoms with Crippen LogP contribution in [0.15, 0.2) is 60.1 Å². The Morgan fingerprint density at radius 1 is 1.12 bits per heavy atom. The minimum absolute atomic E-state index is 0.0878. The summed E-state index contributed by atoms with van der Waals surface area (Å²) < 4.78 is 13.5. The highest BCUT2D eigenvalue weighted by atomic mass is 32.1. The molecule has 6 heteroatoms. The molecule has 0 atom stereocenters. The Labute approximate surface area is 149 Å². The monoisotopic (exact) mass is 355 g/mol. The number of anilines is 2. The van der Waals surface area contributed by atoms with Gasteiger partial charge in [0.05, 0.1) is 18.3 Å². The zero-order chi connectivity index (χ0) is 17.5. The molecule has 1 amide bonds. The predicted molar refractivity (Wildman–Crippen MR) is 99.5 cm³/mol. The minimum Gasteiger partial charge on any atom is -0.383 e. The van der Waals surface area contributed by atoms with Gasteiger partial charge in [0.2, 0.25) is 5.91 Å². The molecule has 25 heavy (non-hydrogen) atoms. The van der Waals surface area contributed by atoms with Gasteiger partial charge < -0.3 is 10.6 Å². The van der Waals surface area contributed by atoms with Gasteiger partial charge in [0, 0.05) is 11.4 Å². The highest BCUT2D eigenvalue weighted by Gasteiger charge is 2.06. The van der Waals surface area contributed by atoms with Crippen LogP contribution in [0.5, 0.6) is 0 Å². The maximum atomic E-state index is 13.5. The number of aromatic nitrogens is 1. The Hall–Kier alpha value is -2.73. The zero-order valence-electron chi connectivity index (χ0n) is 13.5. The van der Waals surface area contributed by atoms with E-state index in [9.17, 15) is 9.18 Å². The molecule has 0 bridgehead atoms. The molecule has 128 valence electrons. The van der Waals surface area contributed by atoms with Crippen molar-refractivity contribution in [3.63, 3.8) is 0 Å². The Bertz CT molecular complexity index is 819. The average molecular weight is 355 g/mol. The number of carbonyl (C=O) groups is 1. The number of hydrogen-bond donors (Lipinski definition) is 2. The summed E-state index contributed by atoms with van der Waals surface area (Å²) in [4.78, 5) is 17.2. The third-order valence-electron chi connectivity index (χ3n) is 3.63. The van der Waals surface area contributed by atoms with Gasteiger partial charge in [-0.25, -0.2) is 9.37 Å². The van der Waals surface area contributed by atoms with Crippen molar-refractivity contribution < 1.29 is 9.18 Å². The molecule has 3 rings (SSSR count). The van der Waals surface area contributed by atoms with Crippen molar-refractivity contribution in [2.75, 3.05) is 17.2 Å². The van der Waals surface area contributed by atoms with E-state index < -0.39 is 0 Å². The van der Waals surface area contributed by atoms with Gasteiger partial charge in [0.1, 0.15) is 11.6 Å². The Balaban J connectivity index is 1.47. The van der Waals surface area contributed by atoms with Crippen LogP contribution in [0.4, 0.5) is 15.9 Å². The molecule has 0 unspecified atom stereocenters. The topological polar surface area (TPSA) is 54.0 Å². The summed E-state index contributed by atoms with van der Waals surface area (Å²) in [5, 5.41) is 7.92. The number of pyridine rings is 1. The van der Waals surface area contributed by atoms with Crippen molar-refractivity contribution in [1.29, 1.82) is 0 Å². The maximum absolute atomic E-state index is 13.5. The fourth-order valence-corrected chi connectivity index (χ4v) is 3.08. The van der Waals surface area contributed by atoms with Crippen molar-refractivity contribution in [2.45, 2.75) is 12.8 Å². The fourth-order valence-electron chi connectivity index (χ4n) is 2.37. The first kappa shape index (κ1) is 17.1. The van der Waals surface area contributed by atoms with E-state index >= 15 is 0 Å².